The van der Waals surface area contributed by atoms with Crippen LogP contribution in [0, 0.1) is 10.1 Å². The standard InChI is InChI=1S/C9H12N2O2/c1-7(2)8-4-3-5-10-9(8)6-11(12)13/h3-5,7H,6H2,1-2H3. The highest BCUT2D eigenvalue weighted by Crippen LogP contribution is 2.17. The van der Waals surface area contributed by atoms with E-state index in [1.54, 1.807) is 12.3 Å². The van der Waals surface area contributed by atoms with Crippen LogP contribution in [0.1, 0.15) is 31.0 Å². The van der Waals surface area contributed by atoms with Gasteiger partial charge in [0, 0.05) is 11.1 Å². The summed E-state index contributed by atoms with van der Waals surface area (Å²) in [7, 11) is 0. The van der Waals surface area contributed by atoms with Gasteiger partial charge in [-0.15, -0.1) is 0 Å². The Morgan fingerprint density at radius 2 is 2.31 bits per heavy atom. The molecular weight excluding hydrogens is 168 g/mol. The fourth-order valence-corrected chi connectivity index (χ4v) is 1.23. The molecule has 0 fully saturated rings. The Balaban J connectivity index is 2.97. The van der Waals surface area contributed by atoms with Crippen LogP contribution in [0.3, 0.4) is 0 Å². The largest absolute Gasteiger partial charge is 0.264 e. The van der Waals surface area contributed by atoms with Crippen molar-refractivity contribution < 1.29 is 4.92 Å². The summed E-state index contributed by atoms with van der Waals surface area (Å²) in [5, 5.41) is 10.3. The lowest BCUT2D eigenvalue weighted by Crippen LogP contribution is -2.05. The van der Waals surface area contributed by atoms with E-state index in [4.69, 9.17) is 0 Å². The number of rotatable bonds is 3. The average molecular weight is 180 g/mol. The number of nitro groups is 1. The highest BCUT2D eigenvalue weighted by molar-refractivity contribution is 5.22. The second-order valence-corrected chi connectivity index (χ2v) is 3.18. The summed E-state index contributed by atoms with van der Waals surface area (Å²) >= 11 is 0. The van der Waals surface area contributed by atoms with E-state index in [-0.39, 0.29) is 17.4 Å². The molecule has 0 saturated heterocycles. The van der Waals surface area contributed by atoms with Gasteiger partial charge in [-0.2, -0.15) is 0 Å². The summed E-state index contributed by atoms with van der Waals surface area (Å²) in [6.45, 7) is 3.81. The molecule has 0 aliphatic rings. The quantitative estimate of drug-likeness (QED) is 0.528. The molecule has 0 amide bonds. The van der Waals surface area contributed by atoms with E-state index < -0.39 is 0 Å². The van der Waals surface area contributed by atoms with Gasteiger partial charge in [-0.1, -0.05) is 19.9 Å². The Bertz CT molecular complexity index is 310. The molecule has 0 N–H and O–H groups in total. The van der Waals surface area contributed by atoms with Gasteiger partial charge in [-0.25, -0.2) is 0 Å². The van der Waals surface area contributed by atoms with Crippen molar-refractivity contribution >= 4 is 0 Å². The Labute approximate surface area is 76.8 Å². The van der Waals surface area contributed by atoms with E-state index in [9.17, 15) is 10.1 Å². The zero-order valence-corrected chi connectivity index (χ0v) is 7.73. The van der Waals surface area contributed by atoms with Crippen LogP contribution in [-0.4, -0.2) is 9.91 Å². The molecule has 4 heteroatoms. The van der Waals surface area contributed by atoms with Crippen LogP contribution < -0.4 is 0 Å². The Morgan fingerprint density at radius 1 is 1.62 bits per heavy atom. The Kier molecular flexibility index (Phi) is 2.95. The zero-order chi connectivity index (χ0) is 9.84. The molecule has 0 spiro atoms. The Hall–Kier alpha value is -1.45. The summed E-state index contributed by atoms with van der Waals surface area (Å²) in [5.41, 5.74) is 1.53. The number of hydrogen-bond donors (Lipinski definition) is 0. The molecule has 0 aliphatic heterocycles. The van der Waals surface area contributed by atoms with Crippen molar-refractivity contribution in [1.29, 1.82) is 0 Å². The zero-order valence-electron chi connectivity index (χ0n) is 7.73. The minimum absolute atomic E-state index is 0.186. The smallest absolute Gasteiger partial charge is 0.245 e. The van der Waals surface area contributed by atoms with Crippen LogP contribution in [0.15, 0.2) is 18.3 Å². The van der Waals surface area contributed by atoms with Crippen LogP contribution in [0.4, 0.5) is 0 Å². The van der Waals surface area contributed by atoms with Gasteiger partial charge in [0.2, 0.25) is 6.54 Å². The second kappa shape index (κ2) is 3.98. The van der Waals surface area contributed by atoms with Crippen molar-refractivity contribution in [3.63, 3.8) is 0 Å². The molecule has 0 saturated carbocycles. The molecule has 4 nitrogen and oxygen atoms in total. The van der Waals surface area contributed by atoms with E-state index >= 15 is 0 Å². The van der Waals surface area contributed by atoms with Crippen molar-refractivity contribution in [2.75, 3.05) is 0 Å². The molecule has 0 atom stereocenters. The molecule has 0 unspecified atom stereocenters. The SMILES string of the molecule is CC(C)c1cccnc1C[N+](=O)[O-]. The first-order chi connectivity index (χ1) is 6.11. The number of aromatic nitrogens is 1. The predicted octanol–water partition coefficient (Wildman–Crippen LogP) is 1.98. The van der Waals surface area contributed by atoms with Crippen molar-refractivity contribution in [3.8, 4) is 0 Å². The van der Waals surface area contributed by atoms with Crippen LogP contribution in [0.25, 0.3) is 0 Å². The van der Waals surface area contributed by atoms with Crippen molar-refractivity contribution in [2.24, 2.45) is 0 Å². The fourth-order valence-electron chi connectivity index (χ4n) is 1.23. The molecule has 0 radical (unpaired) electrons. The van der Waals surface area contributed by atoms with Gasteiger partial charge in [0.05, 0.1) is 0 Å². The topological polar surface area (TPSA) is 56.0 Å². The van der Waals surface area contributed by atoms with Gasteiger partial charge in [-0.3, -0.25) is 15.1 Å². The maximum Gasteiger partial charge on any atom is 0.245 e. The highest BCUT2D eigenvalue weighted by Gasteiger charge is 2.11. The molecule has 1 aromatic heterocycles. The minimum atomic E-state index is -0.353. The average Bonchev–Trinajstić information content (AvgIpc) is 2.03. The third kappa shape index (κ3) is 2.50. The molecule has 0 aliphatic carbocycles. The molecule has 0 bridgehead atoms. The van der Waals surface area contributed by atoms with Gasteiger partial charge < -0.3 is 0 Å². The van der Waals surface area contributed by atoms with Crippen LogP contribution in [0.5, 0.6) is 0 Å². The first-order valence-corrected chi connectivity index (χ1v) is 4.17. The minimum Gasteiger partial charge on any atom is -0.264 e. The lowest BCUT2D eigenvalue weighted by molar-refractivity contribution is -0.497. The molecule has 13 heavy (non-hydrogen) atoms. The van der Waals surface area contributed by atoms with E-state index in [1.807, 2.05) is 19.9 Å². The Morgan fingerprint density at radius 3 is 2.85 bits per heavy atom. The molecule has 1 rings (SSSR count). The first kappa shape index (κ1) is 9.64. The maximum absolute atomic E-state index is 10.3. The number of nitrogens with zero attached hydrogens (tertiary/aromatic N) is 2. The van der Waals surface area contributed by atoms with E-state index in [0.717, 1.165) is 5.56 Å². The monoisotopic (exact) mass is 180 g/mol. The summed E-state index contributed by atoms with van der Waals surface area (Å²) in [4.78, 5) is 14.0. The lowest BCUT2D eigenvalue weighted by Gasteiger charge is -2.07. The summed E-state index contributed by atoms with van der Waals surface area (Å²) in [6, 6.07) is 3.69. The van der Waals surface area contributed by atoms with Gasteiger partial charge in [0.25, 0.3) is 0 Å². The van der Waals surface area contributed by atoms with Crippen molar-refractivity contribution in [2.45, 2.75) is 26.3 Å². The first-order valence-electron chi connectivity index (χ1n) is 4.17. The third-order valence-corrected chi connectivity index (χ3v) is 1.83. The lowest BCUT2D eigenvalue weighted by atomic mass is 10.0. The fraction of sp³-hybridized carbons (Fsp3) is 0.444. The number of pyridine rings is 1. The molecular formula is C9H12N2O2. The number of hydrogen-bond acceptors (Lipinski definition) is 3. The molecule has 70 valence electrons. The van der Waals surface area contributed by atoms with E-state index in [0.29, 0.717) is 5.69 Å². The summed E-state index contributed by atoms with van der Waals surface area (Å²) < 4.78 is 0. The van der Waals surface area contributed by atoms with Gasteiger partial charge in [0.15, 0.2) is 0 Å². The van der Waals surface area contributed by atoms with Crippen molar-refractivity contribution in [1.82, 2.24) is 4.98 Å². The second-order valence-electron chi connectivity index (χ2n) is 3.18. The van der Waals surface area contributed by atoms with Gasteiger partial charge >= 0.3 is 0 Å². The normalized spacial score (nSPS) is 10.4. The predicted molar refractivity (Wildman–Crippen MR) is 49.0 cm³/mol. The molecule has 1 heterocycles. The van der Waals surface area contributed by atoms with Crippen LogP contribution >= 0.6 is 0 Å². The third-order valence-electron chi connectivity index (χ3n) is 1.83. The van der Waals surface area contributed by atoms with Gasteiger partial charge in [-0.05, 0) is 17.5 Å². The highest BCUT2D eigenvalue weighted by atomic mass is 16.6. The maximum atomic E-state index is 10.3. The molecule has 0 aromatic carbocycles. The van der Waals surface area contributed by atoms with Gasteiger partial charge in [0.1, 0.15) is 5.69 Å². The van der Waals surface area contributed by atoms with E-state index in [2.05, 4.69) is 4.98 Å². The van der Waals surface area contributed by atoms with E-state index in [1.165, 1.54) is 0 Å². The van der Waals surface area contributed by atoms with Crippen LogP contribution in [-0.2, 0) is 6.54 Å². The summed E-state index contributed by atoms with van der Waals surface area (Å²) in [5.74, 6) is 0.281. The molecule has 1 aromatic rings. The van der Waals surface area contributed by atoms with Crippen molar-refractivity contribution in [3.05, 3.63) is 39.7 Å². The summed E-state index contributed by atoms with van der Waals surface area (Å²) in [6.07, 6.45) is 1.59. The van der Waals surface area contributed by atoms with Crippen LogP contribution in [0.2, 0.25) is 0 Å².